The highest BCUT2D eigenvalue weighted by atomic mass is 32.1. The third kappa shape index (κ3) is 2.91. The number of nitrogens with zero attached hydrogens (tertiary/aromatic N) is 1. The zero-order valence-electron chi connectivity index (χ0n) is 20.9. The van der Waals surface area contributed by atoms with Crippen molar-refractivity contribution >= 4 is 75.3 Å². The predicted octanol–water partition coefficient (Wildman–Crippen LogP) is 10.7. The molecule has 0 amide bonds. The van der Waals surface area contributed by atoms with Gasteiger partial charge in [0.15, 0.2) is 5.58 Å². The second-order valence-electron chi connectivity index (χ2n) is 10.1. The smallest absolute Gasteiger partial charge is 0.161 e. The summed E-state index contributed by atoms with van der Waals surface area (Å²) in [7, 11) is 0. The van der Waals surface area contributed by atoms with E-state index in [9.17, 15) is 0 Å². The minimum atomic E-state index is 0.911. The summed E-state index contributed by atoms with van der Waals surface area (Å²) in [6.07, 6.45) is 0. The van der Waals surface area contributed by atoms with E-state index in [0.29, 0.717) is 0 Å². The van der Waals surface area contributed by atoms with Crippen LogP contribution in [0.1, 0.15) is 0 Å². The van der Waals surface area contributed by atoms with Gasteiger partial charge in [-0.1, -0.05) is 91.0 Å². The average molecular weight is 516 g/mol. The maximum Gasteiger partial charge on any atom is 0.161 e. The molecule has 3 heterocycles. The lowest BCUT2D eigenvalue weighted by Crippen LogP contribution is -1.92. The van der Waals surface area contributed by atoms with E-state index >= 15 is 0 Å². The standard InChI is InChI=1S/C36H21NOS/c1-2-10-24(11-3-1)37-31-16-7-6-13-29(31)34-33(37)30-21-23(18-20-32(30)38-34)26-14-8-15-27-28-19-17-22-9-4-5-12-25(22)35(28)39-36(26)27/h1-21H. The van der Waals surface area contributed by atoms with Gasteiger partial charge in [-0.25, -0.2) is 0 Å². The highest BCUT2D eigenvalue weighted by molar-refractivity contribution is 7.27. The van der Waals surface area contributed by atoms with E-state index in [1.807, 2.05) is 11.3 Å². The Bertz CT molecular complexity index is 2390. The fourth-order valence-corrected chi connectivity index (χ4v) is 7.61. The van der Waals surface area contributed by atoms with Gasteiger partial charge in [-0.2, -0.15) is 0 Å². The van der Waals surface area contributed by atoms with Crippen molar-refractivity contribution in [2.75, 3.05) is 0 Å². The lowest BCUT2D eigenvalue weighted by atomic mass is 10.0. The number of aromatic nitrogens is 1. The molecule has 0 unspecified atom stereocenters. The summed E-state index contributed by atoms with van der Waals surface area (Å²) in [5.74, 6) is 0. The van der Waals surface area contributed by atoms with Crippen molar-refractivity contribution in [3.63, 3.8) is 0 Å². The number of hydrogen-bond acceptors (Lipinski definition) is 2. The van der Waals surface area contributed by atoms with Gasteiger partial charge in [0.2, 0.25) is 0 Å². The van der Waals surface area contributed by atoms with Gasteiger partial charge in [-0.3, -0.25) is 0 Å². The quantitative estimate of drug-likeness (QED) is 0.224. The van der Waals surface area contributed by atoms with Gasteiger partial charge in [0.1, 0.15) is 11.1 Å². The van der Waals surface area contributed by atoms with Crippen LogP contribution in [-0.4, -0.2) is 4.57 Å². The van der Waals surface area contributed by atoms with Crippen molar-refractivity contribution in [1.82, 2.24) is 4.57 Å². The molecule has 9 rings (SSSR count). The van der Waals surface area contributed by atoms with Gasteiger partial charge in [0.25, 0.3) is 0 Å². The van der Waals surface area contributed by atoms with Crippen LogP contribution in [-0.2, 0) is 0 Å². The van der Waals surface area contributed by atoms with Crippen LogP contribution in [0.2, 0.25) is 0 Å². The topological polar surface area (TPSA) is 18.1 Å². The molecule has 0 fully saturated rings. The zero-order valence-corrected chi connectivity index (χ0v) is 21.7. The summed E-state index contributed by atoms with van der Waals surface area (Å²) in [5.41, 5.74) is 7.72. The molecule has 6 aromatic carbocycles. The van der Waals surface area contributed by atoms with Crippen LogP contribution < -0.4 is 0 Å². The maximum atomic E-state index is 6.52. The highest BCUT2D eigenvalue weighted by Crippen LogP contribution is 2.44. The molecule has 182 valence electrons. The van der Waals surface area contributed by atoms with Gasteiger partial charge in [-0.15, -0.1) is 11.3 Å². The summed E-state index contributed by atoms with van der Waals surface area (Å²) in [4.78, 5) is 0. The molecule has 0 aliphatic carbocycles. The van der Waals surface area contributed by atoms with Crippen molar-refractivity contribution in [2.45, 2.75) is 0 Å². The van der Waals surface area contributed by atoms with Gasteiger partial charge < -0.3 is 8.98 Å². The average Bonchev–Trinajstić information content (AvgIpc) is 3.66. The summed E-state index contributed by atoms with van der Waals surface area (Å²) in [5, 5.41) is 7.51. The molecule has 0 atom stereocenters. The number of benzene rings is 6. The molecule has 0 N–H and O–H groups in total. The lowest BCUT2D eigenvalue weighted by Gasteiger charge is -2.08. The first kappa shape index (κ1) is 21.1. The van der Waals surface area contributed by atoms with Crippen molar-refractivity contribution in [3.8, 4) is 16.8 Å². The molecule has 0 bridgehead atoms. The SMILES string of the molecule is c1ccc(-n2c3ccccc3c3oc4ccc(-c5cccc6c5sc5c7ccccc7ccc65)cc4c32)cc1. The first-order chi connectivity index (χ1) is 19.3. The van der Waals surface area contributed by atoms with E-state index in [1.165, 1.54) is 42.1 Å². The Kier molecular flexibility index (Phi) is 4.24. The fraction of sp³-hybridized carbons (Fsp3) is 0. The number of thiophene rings is 1. The number of hydrogen-bond donors (Lipinski definition) is 0. The van der Waals surface area contributed by atoms with Crippen LogP contribution in [0, 0.1) is 0 Å². The number of furan rings is 1. The summed E-state index contributed by atoms with van der Waals surface area (Å²) < 4.78 is 11.5. The van der Waals surface area contributed by atoms with Crippen LogP contribution in [0.3, 0.4) is 0 Å². The van der Waals surface area contributed by atoms with Crippen LogP contribution in [0.5, 0.6) is 0 Å². The van der Waals surface area contributed by atoms with Crippen LogP contribution in [0.15, 0.2) is 132 Å². The van der Waals surface area contributed by atoms with Crippen molar-refractivity contribution < 1.29 is 4.42 Å². The second-order valence-corrected chi connectivity index (χ2v) is 11.1. The third-order valence-electron chi connectivity index (χ3n) is 7.99. The molecule has 3 aromatic heterocycles. The Hall–Kier alpha value is -4.86. The molecule has 0 radical (unpaired) electrons. The zero-order chi connectivity index (χ0) is 25.5. The molecule has 0 spiro atoms. The Morgan fingerprint density at radius 1 is 0.538 bits per heavy atom. The van der Waals surface area contributed by atoms with Crippen molar-refractivity contribution in [1.29, 1.82) is 0 Å². The maximum absolute atomic E-state index is 6.52. The fourth-order valence-electron chi connectivity index (χ4n) is 6.24. The molecule has 39 heavy (non-hydrogen) atoms. The van der Waals surface area contributed by atoms with Crippen molar-refractivity contribution in [2.24, 2.45) is 0 Å². The molecular formula is C36H21NOS. The van der Waals surface area contributed by atoms with Gasteiger partial charge >= 0.3 is 0 Å². The van der Waals surface area contributed by atoms with E-state index in [-0.39, 0.29) is 0 Å². The Morgan fingerprint density at radius 2 is 1.31 bits per heavy atom. The van der Waals surface area contributed by atoms with Crippen molar-refractivity contribution in [3.05, 3.63) is 127 Å². The molecule has 0 saturated carbocycles. The van der Waals surface area contributed by atoms with Gasteiger partial charge in [0.05, 0.1) is 5.52 Å². The van der Waals surface area contributed by atoms with E-state index in [2.05, 4.69) is 132 Å². The number of para-hydroxylation sites is 2. The normalized spacial score (nSPS) is 12.1. The van der Waals surface area contributed by atoms with E-state index < -0.39 is 0 Å². The number of fused-ring (bicyclic) bond motifs is 10. The van der Waals surface area contributed by atoms with E-state index in [0.717, 1.165) is 38.7 Å². The van der Waals surface area contributed by atoms with E-state index in [1.54, 1.807) is 0 Å². The lowest BCUT2D eigenvalue weighted by molar-refractivity contribution is 0.673. The molecule has 3 heteroatoms. The molecule has 0 aliphatic rings. The summed E-state index contributed by atoms with van der Waals surface area (Å²) in [6.45, 7) is 0. The molecule has 9 aromatic rings. The molecule has 0 aliphatic heterocycles. The van der Waals surface area contributed by atoms with Gasteiger partial charge in [-0.05, 0) is 58.3 Å². The van der Waals surface area contributed by atoms with Crippen LogP contribution in [0.4, 0.5) is 0 Å². The monoisotopic (exact) mass is 515 g/mol. The summed E-state index contributed by atoms with van der Waals surface area (Å²) in [6, 6.07) is 45.7. The first-order valence-corrected chi connectivity index (χ1v) is 14.0. The molecular weight excluding hydrogens is 494 g/mol. The first-order valence-electron chi connectivity index (χ1n) is 13.2. The highest BCUT2D eigenvalue weighted by Gasteiger charge is 2.20. The molecule has 0 saturated heterocycles. The van der Waals surface area contributed by atoms with Gasteiger partial charge in [0, 0.05) is 36.6 Å². The minimum absolute atomic E-state index is 0.911. The Balaban J connectivity index is 1.36. The summed E-state index contributed by atoms with van der Waals surface area (Å²) >= 11 is 1.90. The Morgan fingerprint density at radius 3 is 2.23 bits per heavy atom. The predicted molar refractivity (Wildman–Crippen MR) is 166 cm³/mol. The largest absolute Gasteiger partial charge is 0.454 e. The van der Waals surface area contributed by atoms with Crippen LogP contribution in [0.25, 0.3) is 80.7 Å². The third-order valence-corrected chi connectivity index (χ3v) is 9.28. The Labute approximate surface area is 227 Å². The number of rotatable bonds is 2. The molecule has 2 nitrogen and oxygen atoms in total. The minimum Gasteiger partial charge on any atom is -0.454 e. The van der Waals surface area contributed by atoms with E-state index in [4.69, 9.17) is 4.42 Å². The second kappa shape index (κ2) is 7.83. The van der Waals surface area contributed by atoms with Crippen LogP contribution >= 0.6 is 11.3 Å².